The fraction of sp³-hybridized carbons (Fsp3) is 0.455. The minimum atomic E-state index is -1.50. The first-order chi connectivity index (χ1) is 16.2. The van der Waals surface area contributed by atoms with E-state index in [1.54, 1.807) is 6.20 Å². The number of hydrogen-bond acceptors (Lipinski definition) is 7. The number of aliphatic carboxylic acids is 1. The molecule has 12 heteroatoms. The van der Waals surface area contributed by atoms with E-state index >= 15 is 0 Å². The fourth-order valence-electron chi connectivity index (χ4n) is 3.27. The summed E-state index contributed by atoms with van der Waals surface area (Å²) in [6.45, 7) is 0.698. The van der Waals surface area contributed by atoms with Crippen LogP contribution in [0.1, 0.15) is 18.9 Å². The van der Waals surface area contributed by atoms with Crippen LogP contribution in [0.4, 0.5) is 0 Å². The van der Waals surface area contributed by atoms with Gasteiger partial charge in [-0.3, -0.25) is 14.4 Å². The minimum absolute atomic E-state index is 0.138. The molecule has 0 bridgehead atoms. The van der Waals surface area contributed by atoms with Crippen LogP contribution in [0.25, 0.3) is 10.9 Å². The Hall–Kier alpha value is -3.09. The molecule has 0 aliphatic carbocycles. The lowest BCUT2D eigenvalue weighted by molar-refractivity contribution is -0.143. The largest absolute Gasteiger partial charge is 0.480 e. The van der Waals surface area contributed by atoms with Gasteiger partial charge in [0, 0.05) is 23.5 Å². The number of aliphatic hydroxyl groups excluding tert-OH is 1. The Bertz CT molecular complexity index is 1010. The van der Waals surface area contributed by atoms with Gasteiger partial charge in [0.25, 0.3) is 0 Å². The van der Waals surface area contributed by atoms with Crippen molar-refractivity contribution in [1.29, 1.82) is 0 Å². The molecule has 2 aromatic rings. The van der Waals surface area contributed by atoms with E-state index in [1.165, 1.54) is 18.7 Å². The number of carboxylic acid groups (broad SMARTS) is 1. The average Bonchev–Trinajstić information content (AvgIpc) is 3.21. The summed E-state index contributed by atoms with van der Waals surface area (Å²) >= 11 is 1.45. The lowest BCUT2D eigenvalue weighted by Crippen LogP contribution is -2.57. The number of nitrogens with one attached hydrogen (secondary N) is 4. The number of hydrogen-bond donors (Lipinski definition) is 7. The number of amides is 3. The maximum absolute atomic E-state index is 13.2. The number of carbonyl (C=O) groups is 4. The zero-order chi connectivity index (χ0) is 25.3. The number of benzene rings is 1. The lowest BCUT2D eigenvalue weighted by atomic mass is 10.0. The van der Waals surface area contributed by atoms with Crippen molar-refractivity contribution in [1.82, 2.24) is 20.9 Å². The second-order valence-electron chi connectivity index (χ2n) is 7.84. The number of H-pyrrole nitrogens is 1. The highest BCUT2D eigenvalue weighted by Gasteiger charge is 2.30. The number of aromatic amines is 1. The number of carboxylic acids is 1. The lowest BCUT2D eigenvalue weighted by Gasteiger charge is -2.24. The minimum Gasteiger partial charge on any atom is -0.480 e. The van der Waals surface area contributed by atoms with E-state index in [2.05, 4.69) is 20.9 Å². The van der Waals surface area contributed by atoms with E-state index in [0.29, 0.717) is 5.75 Å². The Morgan fingerprint density at radius 3 is 2.26 bits per heavy atom. The van der Waals surface area contributed by atoms with Crippen LogP contribution in [-0.2, 0) is 25.6 Å². The predicted molar refractivity (Wildman–Crippen MR) is 129 cm³/mol. The smallest absolute Gasteiger partial charge is 0.328 e. The molecule has 8 N–H and O–H groups in total. The van der Waals surface area contributed by atoms with Gasteiger partial charge in [-0.1, -0.05) is 18.2 Å². The molecule has 1 heterocycles. The summed E-state index contributed by atoms with van der Waals surface area (Å²) in [5.74, 6) is -2.78. The Morgan fingerprint density at radius 2 is 1.65 bits per heavy atom. The molecule has 0 saturated carbocycles. The number of fused-ring (bicyclic) bond motifs is 1. The molecule has 34 heavy (non-hydrogen) atoms. The topological polar surface area (TPSA) is 187 Å². The van der Waals surface area contributed by atoms with Crippen LogP contribution in [0.15, 0.2) is 30.5 Å². The number of thioether (sulfide) groups is 1. The van der Waals surface area contributed by atoms with Gasteiger partial charge >= 0.3 is 5.97 Å². The highest BCUT2D eigenvalue weighted by atomic mass is 32.2. The monoisotopic (exact) mass is 493 g/mol. The van der Waals surface area contributed by atoms with Crippen molar-refractivity contribution in [2.24, 2.45) is 5.73 Å². The second-order valence-corrected chi connectivity index (χ2v) is 8.82. The van der Waals surface area contributed by atoms with Gasteiger partial charge in [-0.05, 0) is 37.0 Å². The molecule has 0 aliphatic rings. The van der Waals surface area contributed by atoms with Crippen molar-refractivity contribution in [2.75, 3.05) is 18.6 Å². The summed E-state index contributed by atoms with van der Waals surface area (Å²) in [6.07, 6.45) is 3.93. The molecule has 0 aliphatic heterocycles. The molecule has 11 nitrogen and oxygen atoms in total. The summed E-state index contributed by atoms with van der Waals surface area (Å²) in [6, 6.07) is 3.06. The molecule has 1 aromatic heterocycles. The standard InChI is InChI=1S/C22H31N5O6S/c1-12(23)19(29)26-17(9-13-10-24-15-6-4-3-5-14(13)15)21(31)25-16(7-8-34-2)20(30)27-18(11-28)22(32)33/h3-6,10,12,16-18,24,28H,7-9,11,23H2,1-2H3,(H,25,31)(H,26,29)(H,27,30)(H,32,33). The molecule has 1 aromatic carbocycles. The molecule has 0 saturated heterocycles. The highest BCUT2D eigenvalue weighted by Crippen LogP contribution is 2.19. The van der Waals surface area contributed by atoms with E-state index in [-0.39, 0.29) is 12.8 Å². The second kappa shape index (κ2) is 13.0. The molecular formula is C22H31N5O6S. The van der Waals surface area contributed by atoms with Crippen molar-refractivity contribution < 1.29 is 29.4 Å². The van der Waals surface area contributed by atoms with Crippen LogP contribution in [0.5, 0.6) is 0 Å². The van der Waals surface area contributed by atoms with E-state index in [9.17, 15) is 24.3 Å². The van der Waals surface area contributed by atoms with Gasteiger partial charge in [-0.2, -0.15) is 11.8 Å². The molecule has 2 rings (SSSR count). The number of nitrogens with two attached hydrogens (primary N) is 1. The highest BCUT2D eigenvalue weighted by molar-refractivity contribution is 7.98. The van der Waals surface area contributed by atoms with E-state index in [4.69, 9.17) is 10.8 Å². The summed E-state index contributed by atoms with van der Waals surface area (Å²) in [5.41, 5.74) is 7.33. The normalized spacial score (nSPS) is 14.6. The molecule has 0 spiro atoms. The quantitative estimate of drug-likeness (QED) is 0.192. The van der Waals surface area contributed by atoms with Gasteiger partial charge in [0.1, 0.15) is 18.1 Å². The van der Waals surface area contributed by atoms with Crippen molar-refractivity contribution in [2.45, 2.75) is 43.9 Å². The van der Waals surface area contributed by atoms with Crippen molar-refractivity contribution in [3.63, 3.8) is 0 Å². The van der Waals surface area contributed by atoms with Crippen LogP contribution in [0, 0.1) is 0 Å². The van der Waals surface area contributed by atoms with Gasteiger partial charge in [0.15, 0.2) is 0 Å². The van der Waals surface area contributed by atoms with Crippen LogP contribution in [0.2, 0.25) is 0 Å². The molecular weight excluding hydrogens is 462 g/mol. The average molecular weight is 494 g/mol. The van der Waals surface area contributed by atoms with Crippen molar-refractivity contribution in [3.05, 3.63) is 36.0 Å². The van der Waals surface area contributed by atoms with E-state index < -0.39 is 54.5 Å². The Labute approximate surface area is 201 Å². The predicted octanol–water partition coefficient (Wildman–Crippen LogP) is -0.658. The zero-order valence-corrected chi connectivity index (χ0v) is 19.9. The van der Waals surface area contributed by atoms with E-state index in [1.807, 2.05) is 30.5 Å². The first kappa shape index (κ1) is 27.2. The first-order valence-electron chi connectivity index (χ1n) is 10.7. The summed E-state index contributed by atoms with van der Waals surface area (Å²) < 4.78 is 0. The molecule has 4 unspecified atom stereocenters. The summed E-state index contributed by atoms with van der Waals surface area (Å²) in [5, 5.41) is 26.7. The van der Waals surface area contributed by atoms with Gasteiger partial charge in [-0.25, -0.2) is 4.79 Å². The Balaban J connectivity index is 2.24. The third-order valence-corrected chi connectivity index (χ3v) is 5.83. The van der Waals surface area contributed by atoms with Crippen LogP contribution in [0.3, 0.4) is 0 Å². The number of rotatable bonds is 13. The maximum Gasteiger partial charge on any atom is 0.328 e. The number of aliphatic hydroxyl groups is 1. The third-order valence-electron chi connectivity index (χ3n) is 5.19. The SMILES string of the molecule is CSCCC(NC(=O)C(Cc1c[nH]c2ccccc12)NC(=O)C(C)N)C(=O)NC(CO)C(=O)O. The maximum atomic E-state index is 13.2. The van der Waals surface area contributed by atoms with E-state index in [0.717, 1.165) is 16.5 Å². The van der Waals surface area contributed by atoms with Crippen LogP contribution < -0.4 is 21.7 Å². The van der Waals surface area contributed by atoms with Gasteiger partial charge in [-0.15, -0.1) is 0 Å². The van der Waals surface area contributed by atoms with Gasteiger partial charge in [0.2, 0.25) is 17.7 Å². The Morgan fingerprint density at radius 1 is 1.03 bits per heavy atom. The van der Waals surface area contributed by atoms with Crippen LogP contribution >= 0.6 is 11.8 Å². The zero-order valence-electron chi connectivity index (χ0n) is 19.0. The van der Waals surface area contributed by atoms with Gasteiger partial charge in [0.05, 0.1) is 12.6 Å². The first-order valence-corrected chi connectivity index (χ1v) is 12.1. The van der Waals surface area contributed by atoms with Crippen molar-refractivity contribution in [3.8, 4) is 0 Å². The van der Waals surface area contributed by atoms with Crippen molar-refractivity contribution >= 4 is 46.4 Å². The molecule has 3 amide bonds. The number of aromatic nitrogens is 1. The summed E-state index contributed by atoms with van der Waals surface area (Å²) in [7, 11) is 0. The summed E-state index contributed by atoms with van der Waals surface area (Å²) in [4.78, 5) is 52.5. The number of carbonyl (C=O) groups excluding carboxylic acids is 3. The molecule has 0 radical (unpaired) electrons. The fourth-order valence-corrected chi connectivity index (χ4v) is 3.74. The molecule has 4 atom stereocenters. The van der Waals surface area contributed by atoms with Gasteiger partial charge < -0.3 is 36.9 Å². The Kier molecular flexibility index (Phi) is 10.4. The molecule has 0 fully saturated rings. The molecule has 186 valence electrons. The van der Waals surface area contributed by atoms with Crippen LogP contribution in [-0.4, -0.2) is 81.7 Å². The third kappa shape index (κ3) is 7.47. The number of para-hydroxylation sites is 1.